The number of hydrogen-bond donors (Lipinski definition) is 0. The quantitative estimate of drug-likeness (QED) is 0.781. The molecule has 0 aliphatic rings. The molecule has 2 aromatic rings. The number of rotatable bonds is 5. The Morgan fingerprint density at radius 1 is 1.20 bits per heavy atom. The first-order valence-corrected chi connectivity index (χ1v) is 7.70. The molecule has 2 rings (SSSR count). The van der Waals surface area contributed by atoms with Gasteiger partial charge in [0.25, 0.3) is 0 Å². The molecule has 0 fully saturated rings. The lowest BCUT2D eigenvalue weighted by Gasteiger charge is -2.12. The van der Waals surface area contributed by atoms with Crippen LogP contribution < -0.4 is 4.74 Å². The predicted molar refractivity (Wildman–Crippen MR) is 87.4 cm³/mol. The van der Waals surface area contributed by atoms with Crippen molar-refractivity contribution in [1.82, 2.24) is 4.98 Å². The molecule has 1 unspecified atom stereocenters. The molecular weight excluding hydrogens is 318 g/mol. The first kappa shape index (κ1) is 16.9. The lowest BCUT2D eigenvalue weighted by molar-refractivity contribution is 0.0951. The van der Waals surface area contributed by atoms with Crippen LogP contribution in [-0.4, -0.2) is 24.8 Å². The van der Waals surface area contributed by atoms with Crippen molar-refractivity contribution in [2.45, 2.75) is 33.3 Å². The summed E-state index contributed by atoms with van der Waals surface area (Å²) in [4.78, 5) is 4.32. The van der Waals surface area contributed by atoms with E-state index >= 15 is 0 Å². The lowest BCUT2D eigenvalue weighted by atomic mass is 10.2. The van der Waals surface area contributed by atoms with E-state index in [-0.39, 0.29) is 6.10 Å². The summed E-state index contributed by atoms with van der Waals surface area (Å²) in [7, 11) is 1.71. The van der Waals surface area contributed by atoms with Crippen molar-refractivity contribution in [1.29, 1.82) is 0 Å². The van der Waals surface area contributed by atoms with Crippen LogP contribution in [0.2, 0.25) is 0 Å². The minimum atomic E-state index is 0.201. The summed E-state index contributed by atoms with van der Waals surface area (Å²) >= 11 is 3.50. The van der Waals surface area contributed by atoms with Crippen molar-refractivity contribution in [3.8, 4) is 5.88 Å². The van der Waals surface area contributed by atoms with Crippen molar-refractivity contribution in [3.05, 3.63) is 34.9 Å². The first-order valence-electron chi connectivity index (χ1n) is 6.91. The number of halogens is 1. The summed E-state index contributed by atoms with van der Waals surface area (Å²) < 4.78 is 11.9. The molecule has 0 bridgehead atoms. The molecule has 1 atom stereocenters. The fraction of sp³-hybridized carbons (Fsp3) is 0.438. The van der Waals surface area contributed by atoms with Gasteiger partial charge in [-0.25, -0.2) is 4.98 Å². The molecular formula is C16H22BrNO2. The molecule has 20 heavy (non-hydrogen) atoms. The van der Waals surface area contributed by atoms with Crippen LogP contribution in [0.15, 0.2) is 34.9 Å². The van der Waals surface area contributed by atoms with Gasteiger partial charge in [-0.15, -0.1) is 0 Å². The SMILES string of the molecule is CC.COC(C)CCOc1ncc(Br)c2ccccc12. The van der Waals surface area contributed by atoms with Crippen molar-refractivity contribution in [2.75, 3.05) is 13.7 Å². The van der Waals surface area contributed by atoms with E-state index in [1.54, 1.807) is 13.3 Å². The van der Waals surface area contributed by atoms with E-state index in [2.05, 4.69) is 20.9 Å². The van der Waals surface area contributed by atoms with Crippen LogP contribution in [0.1, 0.15) is 27.2 Å². The average molecular weight is 340 g/mol. The molecule has 0 radical (unpaired) electrons. The van der Waals surface area contributed by atoms with Gasteiger partial charge in [-0.2, -0.15) is 0 Å². The Hall–Kier alpha value is -1.13. The Morgan fingerprint density at radius 3 is 2.50 bits per heavy atom. The lowest BCUT2D eigenvalue weighted by Crippen LogP contribution is -2.11. The van der Waals surface area contributed by atoms with E-state index in [1.165, 1.54) is 0 Å². The molecule has 1 heterocycles. The normalized spacial score (nSPS) is 11.7. The summed E-state index contributed by atoms with van der Waals surface area (Å²) in [5, 5.41) is 2.14. The number of nitrogens with zero attached hydrogens (tertiary/aromatic N) is 1. The number of benzene rings is 1. The fourth-order valence-corrected chi connectivity index (χ4v) is 2.13. The van der Waals surface area contributed by atoms with Crippen molar-refractivity contribution >= 4 is 26.7 Å². The number of aromatic nitrogens is 1. The summed E-state index contributed by atoms with van der Waals surface area (Å²) in [5.41, 5.74) is 0. The molecule has 4 heteroatoms. The number of hydrogen-bond acceptors (Lipinski definition) is 3. The molecule has 0 amide bonds. The molecule has 0 aliphatic heterocycles. The molecule has 0 spiro atoms. The van der Waals surface area contributed by atoms with E-state index in [9.17, 15) is 0 Å². The maximum atomic E-state index is 5.73. The minimum Gasteiger partial charge on any atom is -0.477 e. The van der Waals surface area contributed by atoms with Crippen molar-refractivity contribution < 1.29 is 9.47 Å². The van der Waals surface area contributed by atoms with Crippen LogP contribution in [0.3, 0.4) is 0 Å². The molecule has 0 aliphatic carbocycles. The zero-order valence-corrected chi connectivity index (χ0v) is 14.1. The van der Waals surface area contributed by atoms with E-state index < -0.39 is 0 Å². The van der Waals surface area contributed by atoms with Gasteiger partial charge in [0.15, 0.2) is 0 Å². The summed E-state index contributed by atoms with van der Waals surface area (Å²) in [5.74, 6) is 0.678. The van der Waals surface area contributed by atoms with Gasteiger partial charge < -0.3 is 9.47 Å². The van der Waals surface area contributed by atoms with Gasteiger partial charge in [-0.3, -0.25) is 0 Å². The van der Waals surface area contributed by atoms with Crippen LogP contribution in [0.25, 0.3) is 10.8 Å². The van der Waals surface area contributed by atoms with Crippen molar-refractivity contribution in [3.63, 3.8) is 0 Å². The van der Waals surface area contributed by atoms with Gasteiger partial charge in [0.1, 0.15) is 0 Å². The Bertz CT molecular complexity index is 531. The highest BCUT2D eigenvalue weighted by atomic mass is 79.9. The number of pyridine rings is 1. The maximum Gasteiger partial charge on any atom is 0.221 e. The zero-order valence-electron chi connectivity index (χ0n) is 12.5. The van der Waals surface area contributed by atoms with E-state index in [0.29, 0.717) is 12.5 Å². The number of ether oxygens (including phenoxy) is 2. The Balaban J connectivity index is 0.000000956. The second kappa shape index (κ2) is 8.93. The third-order valence-electron chi connectivity index (χ3n) is 2.88. The molecule has 1 aromatic carbocycles. The van der Waals surface area contributed by atoms with Crippen LogP contribution in [0.4, 0.5) is 0 Å². The first-order chi connectivity index (χ1) is 9.72. The van der Waals surface area contributed by atoms with Gasteiger partial charge in [0.2, 0.25) is 5.88 Å². The second-order valence-electron chi connectivity index (χ2n) is 4.14. The molecule has 0 saturated carbocycles. The molecule has 0 saturated heterocycles. The van der Waals surface area contributed by atoms with Crippen LogP contribution in [-0.2, 0) is 4.74 Å². The van der Waals surface area contributed by atoms with Gasteiger partial charge in [0, 0.05) is 35.0 Å². The predicted octanol–water partition coefficient (Wildman–Crippen LogP) is 4.83. The van der Waals surface area contributed by atoms with Crippen LogP contribution in [0.5, 0.6) is 5.88 Å². The third-order valence-corrected chi connectivity index (χ3v) is 3.51. The Morgan fingerprint density at radius 2 is 1.85 bits per heavy atom. The van der Waals surface area contributed by atoms with E-state index in [1.807, 2.05) is 45.0 Å². The number of methoxy groups -OCH3 is 1. The number of fused-ring (bicyclic) bond motifs is 1. The highest BCUT2D eigenvalue weighted by Gasteiger charge is 2.07. The Labute approximate surface area is 129 Å². The van der Waals surface area contributed by atoms with Crippen molar-refractivity contribution in [2.24, 2.45) is 0 Å². The molecule has 3 nitrogen and oxygen atoms in total. The van der Waals surface area contributed by atoms with Crippen LogP contribution in [0, 0.1) is 0 Å². The standard InChI is InChI=1S/C14H16BrNO2.C2H6/c1-10(17-2)7-8-18-14-12-6-4-3-5-11(12)13(15)9-16-14;1-2/h3-6,9-10H,7-8H2,1-2H3;1-2H3. The Kier molecular flexibility index (Phi) is 7.55. The smallest absolute Gasteiger partial charge is 0.221 e. The highest BCUT2D eigenvalue weighted by Crippen LogP contribution is 2.29. The maximum absolute atomic E-state index is 5.73. The summed E-state index contributed by atoms with van der Waals surface area (Å²) in [6.45, 7) is 6.63. The van der Waals surface area contributed by atoms with Gasteiger partial charge >= 0.3 is 0 Å². The van der Waals surface area contributed by atoms with E-state index in [0.717, 1.165) is 21.7 Å². The van der Waals surface area contributed by atoms with E-state index in [4.69, 9.17) is 9.47 Å². The summed E-state index contributed by atoms with van der Waals surface area (Å²) in [6, 6.07) is 8.05. The average Bonchev–Trinajstić information content (AvgIpc) is 2.51. The minimum absolute atomic E-state index is 0.201. The molecule has 1 aromatic heterocycles. The van der Waals surface area contributed by atoms with Gasteiger partial charge in [-0.05, 0) is 28.9 Å². The zero-order chi connectivity index (χ0) is 15.0. The monoisotopic (exact) mass is 339 g/mol. The molecule has 110 valence electrons. The third kappa shape index (κ3) is 4.46. The highest BCUT2D eigenvalue weighted by molar-refractivity contribution is 9.10. The topological polar surface area (TPSA) is 31.4 Å². The fourth-order valence-electron chi connectivity index (χ4n) is 1.69. The molecule has 0 N–H and O–H groups in total. The second-order valence-corrected chi connectivity index (χ2v) is 4.99. The van der Waals surface area contributed by atoms with Gasteiger partial charge in [-0.1, -0.05) is 32.0 Å². The van der Waals surface area contributed by atoms with Crippen LogP contribution >= 0.6 is 15.9 Å². The largest absolute Gasteiger partial charge is 0.477 e. The summed E-state index contributed by atoms with van der Waals surface area (Å²) in [6.07, 6.45) is 2.83. The van der Waals surface area contributed by atoms with Gasteiger partial charge in [0.05, 0.1) is 12.7 Å².